The van der Waals surface area contributed by atoms with Crippen LogP contribution >= 0.6 is 0 Å². The van der Waals surface area contributed by atoms with Gasteiger partial charge < -0.3 is 10.4 Å². The Hall–Kier alpha value is -1.31. The third-order valence-electron chi connectivity index (χ3n) is 3.47. The van der Waals surface area contributed by atoms with Crippen LogP contribution in [0.2, 0.25) is 0 Å². The van der Waals surface area contributed by atoms with Gasteiger partial charge in [0.05, 0.1) is 12.0 Å². The van der Waals surface area contributed by atoms with Gasteiger partial charge in [0, 0.05) is 6.54 Å². The Morgan fingerprint density at radius 3 is 2.55 bits per heavy atom. The van der Waals surface area contributed by atoms with Crippen LogP contribution in [0, 0.1) is 5.41 Å². The van der Waals surface area contributed by atoms with E-state index in [1.54, 1.807) is 10.2 Å². The van der Waals surface area contributed by atoms with Gasteiger partial charge in [-0.1, -0.05) is 13.3 Å². The van der Waals surface area contributed by atoms with Crippen LogP contribution in [-0.4, -0.2) is 54.2 Å². The minimum absolute atomic E-state index is 0.200. The molecule has 0 spiro atoms. The zero-order valence-electron chi connectivity index (χ0n) is 11.3. The molecule has 1 aliphatic rings. The molecule has 0 radical (unpaired) electrons. The van der Waals surface area contributed by atoms with E-state index < -0.39 is 30.0 Å². The van der Waals surface area contributed by atoms with E-state index in [0.717, 1.165) is 0 Å². The summed E-state index contributed by atoms with van der Waals surface area (Å²) in [6, 6.07) is 0. The van der Waals surface area contributed by atoms with Crippen LogP contribution in [0.15, 0.2) is 0 Å². The molecule has 0 bridgehead atoms. The minimum Gasteiger partial charge on any atom is -0.481 e. The van der Waals surface area contributed by atoms with E-state index in [1.807, 2.05) is 6.92 Å². The first-order valence-corrected chi connectivity index (χ1v) is 6.48. The lowest BCUT2D eigenvalue weighted by molar-refractivity contribution is -0.149. The number of nitrogens with one attached hydrogen (secondary N) is 1. The fourth-order valence-electron chi connectivity index (χ4n) is 2.52. The number of halogens is 3. The molecule has 0 aromatic heterocycles. The van der Waals surface area contributed by atoms with Crippen molar-refractivity contribution in [2.75, 3.05) is 26.2 Å². The van der Waals surface area contributed by atoms with Crippen molar-refractivity contribution in [2.45, 2.75) is 32.4 Å². The van der Waals surface area contributed by atoms with Crippen LogP contribution in [-0.2, 0) is 9.59 Å². The van der Waals surface area contributed by atoms with E-state index in [1.165, 1.54) is 0 Å². The van der Waals surface area contributed by atoms with Gasteiger partial charge >= 0.3 is 12.1 Å². The number of hydrogen-bond acceptors (Lipinski definition) is 3. The highest BCUT2D eigenvalue weighted by atomic mass is 19.4. The fraction of sp³-hybridized carbons (Fsp3) is 0.833. The first-order chi connectivity index (χ1) is 9.18. The second kappa shape index (κ2) is 6.43. The zero-order valence-corrected chi connectivity index (χ0v) is 11.3. The molecule has 8 heteroatoms. The third kappa shape index (κ3) is 4.66. The molecule has 2 N–H and O–H groups in total. The van der Waals surface area contributed by atoms with E-state index in [0.29, 0.717) is 25.8 Å². The molecule has 1 heterocycles. The van der Waals surface area contributed by atoms with Crippen molar-refractivity contribution in [1.82, 2.24) is 10.2 Å². The van der Waals surface area contributed by atoms with Gasteiger partial charge in [-0.3, -0.25) is 14.5 Å². The van der Waals surface area contributed by atoms with Gasteiger partial charge in [0.25, 0.3) is 0 Å². The van der Waals surface area contributed by atoms with E-state index >= 15 is 0 Å². The molecular weight excluding hydrogens is 277 g/mol. The summed E-state index contributed by atoms with van der Waals surface area (Å²) in [4.78, 5) is 24.3. The van der Waals surface area contributed by atoms with E-state index in [4.69, 9.17) is 0 Å². The smallest absolute Gasteiger partial charge is 0.405 e. The first-order valence-electron chi connectivity index (χ1n) is 6.48. The van der Waals surface area contributed by atoms with Crippen LogP contribution in [0.5, 0.6) is 0 Å². The Morgan fingerprint density at radius 1 is 1.40 bits per heavy atom. The standard InChI is InChI=1S/C12H19F3N2O3/c1-2-3-11(10(19)20)4-5-17(8-11)6-9(18)16-7-12(13,14)15/h2-8H2,1H3,(H,16,18)(H,19,20). The number of alkyl halides is 3. The second-order valence-corrected chi connectivity index (χ2v) is 5.19. The lowest BCUT2D eigenvalue weighted by Crippen LogP contribution is -2.42. The predicted molar refractivity (Wildman–Crippen MR) is 65.1 cm³/mol. The summed E-state index contributed by atoms with van der Waals surface area (Å²) < 4.78 is 35.9. The minimum atomic E-state index is -4.44. The van der Waals surface area contributed by atoms with Gasteiger partial charge in [-0.25, -0.2) is 0 Å². The highest BCUT2D eigenvalue weighted by molar-refractivity contribution is 5.79. The van der Waals surface area contributed by atoms with Gasteiger partial charge in [0.15, 0.2) is 0 Å². The van der Waals surface area contributed by atoms with E-state index in [2.05, 4.69) is 0 Å². The van der Waals surface area contributed by atoms with Crippen molar-refractivity contribution < 1.29 is 27.9 Å². The molecule has 0 aromatic rings. The molecule has 0 saturated carbocycles. The maximum absolute atomic E-state index is 12.0. The van der Waals surface area contributed by atoms with E-state index in [9.17, 15) is 27.9 Å². The molecule has 20 heavy (non-hydrogen) atoms. The number of amides is 1. The molecule has 1 unspecified atom stereocenters. The Bertz CT molecular complexity index is 373. The number of aliphatic carboxylic acids is 1. The number of nitrogens with zero attached hydrogens (tertiary/aromatic N) is 1. The van der Waals surface area contributed by atoms with Crippen molar-refractivity contribution in [3.05, 3.63) is 0 Å². The summed E-state index contributed by atoms with van der Waals surface area (Å²) in [5.41, 5.74) is -0.876. The average Bonchev–Trinajstić information content (AvgIpc) is 2.71. The maximum atomic E-state index is 12.0. The van der Waals surface area contributed by atoms with E-state index in [-0.39, 0.29) is 13.1 Å². The first kappa shape index (κ1) is 16.7. The number of likely N-dealkylation sites (tertiary alicyclic amines) is 1. The van der Waals surface area contributed by atoms with Crippen LogP contribution in [0.25, 0.3) is 0 Å². The molecule has 0 aromatic carbocycles. The highest BCUT2D eigenvalue weighted by Crippen LogP contribution is 2.35. The number of carboxylic acid groups (broad SMARTS) is 1. The summed E-state index contributed by atoms with van der Waals surface area (Å²) in [6.45, 7) is 0.929. The number of carbonyl (C=O) groups is 2. The van der Waals surface area contributed by atoms with Crippen LogP contribution in [0.3, 0.4) is 0 Å². The predicted octanol–water partition coefficient (Wildman–Crippen LogP) is 1.24. The molecule has 116 valence electrons. The third-order valence-corrected chi connectivity index (χ3v) is 3.47. The maximum Gasteiger partial charge on any atom is 0.405 e. The Kier molecular flexibility index (Phi) is 5.38. The van der Waals surface area contributed by atoms with Crippen molar-refractivity contribution in [3.63, 3.8) is 0 Å². The lowest BCUT2D eigenvalue weighted by atomic mass is 9.83. The number of carbonyl (C=O) groups excluding carboxylic acids is 1. The van der Waals surface area contributed by atoms with Gasteiger partial charge in [-0.15, -0.1) is 0 Å². The van der Waals surface area contributed by atoms with Crippen molar-refractivity contribution in [2.24, 2.45) is 5.41 Å². The van der Waals surface area contributed by atoms with Gasteiger partial charge in [-0.05, 0) is 19.4 Å². The van der Waals surface area contributed by atoms with Crippen LogP contribution < -0.4 is 5.32 Å². The molecule has 1 amide bonds. The molecule has 0 aliphatic carbocycles. The second-order valence-electron chi connectivity index (χ2n) is 5.19. The monoisotopic (exact) mass is 296 g/mol. The zero-order chi connectivity index (χ0) is 15.4. The van der Waals surface area contributed by atoms with Gasteiger partial charge in [0.1, 0.15) is 6.54 Å². The van der Waals surface area contributed by atoms with Crippen molar-refractivity contribution in [1.29, 1.82) is 0 Å². The molecule has 1 aliphatic heterocycles. The number of carboxylic acids is 1. The van der Waals surface area contributed by atoms with Gasteiger partial charge in [0.2, 0.25) is 5.91 Å². The molecule has 1 saturated heterocycles. The average molecular weight is 296 g/mol. The van der Waals surface area contributed by atoms with Gasteiger partial charge in [-0.2, -0.15) is 13.2 Å². The topological polar surface area (TPSA) is 69.6 Å². The summed E-state index contributed by atoms with van der Waals surface area (Å²) >= 11 is 0. The summed E-state index contributed by atoms with van der Waals surface area (Å²) in [5.74, 6) is -1.64. The highest BCUT2D eigenvalue weighted by Gasteiger charge is 2.44. The molecule has 5 nitrogen and oxygen atoms in total. The SMILES string of the molecule is CCCC1(C(=O)O)CCN(CC(=O)NCC(F)(F)F)C1. The largest absolute Gasteiger partial charge is 0.481 e. The molecule has 1 atom stereocenters. The van der Waals surface area contributed by atoms with Crippen LogP contribution in [0.1, 0.15) is 26.2 Å². The van der Waals surface area contributed by atoms with Crippen molar-refractivity contribution >= 4 is 11.9 Å². The summed E-state index contributed by atoms with van der Waals surface area (Å²) in [7, 11) is 0. The Morgan fingerprint density at radius 2 is 2.05 bits per heavy atom. The Balaban J connectivity index is 2.47. The molecule has 1 fully saturated rings. The summed E-state index contributed by atoms with van der Waals surface area (Å²) in [6.07, 6.45) is -2.81. The number of hydrogen-bond donors (Lipinski definition) is 2. The normalized spacial score (nSPS) is 23.8. The number of rotatable bonds is 6. The fourth-order valence-corrected chi connectivity index (χ4v) is 2.52. The Labute approximate surface area is 115 Å². The lowest BCUT2D eigenvalue weighted by Gasteiger charge is -2.24. The molecular formula is C12H19F3N2O3. The van der Waals surface area contributed by atoms with Crippen molar-refractivity contribution in [3.8, 4) is 0 Å². The summed E-state index contributed by atoms with van der Waals surface area (Å²) in [5, 5.41) is 11.1. The van der Waals surface area contributed by atoms with Crippen LogP contribution in [0.4, 0.5) is 13.2 Å². The molecule has 1 rings (SSSR count). The quantitative estimate of drug-likeness (QED) is 0.774.